The van der Waals surface area contributed by atoms with Gasteiger partial charge in [0.2, 0.25) is 0 Å². The monoisotopic (exact) mass is 287 g/mol. The number of aliphatic hydroxyl groups is 1. The number of esters is 1. The lowest BCUT2D eigenvalue weighted by molar-refractivity contribution is -0.146. The van der Waals surface area contributed by atoms with Crippen molar-refractivity contribution in [3.05, 3.63) is 34.3 Å². The summed E-state index contributed by atoms with van der Waals surface area (Å²) in [5.74, 6) is -0.492. The number of benzene rings is 1. The molecule has 88 valence electrons. The zero-order valence-electron chi connectivity index (χ0n) is 8.73. The quantitative estimate of drug-likeness (QED) is 0.799. The molecule has 1 aromatic rings. The number of hydrogen-bond acceptors (Lipinski definition) is 4. The Kier molecular flexibility index (Phi) is 5.45. The van der Waals surface area contributed by atoms with Crippen LogP contribution in [0, 0.1) is 0 Å². The molecule has 0 aliphatic carbocycles. The number of aliphatic hydroxyl groups excluding tert-OH is 1. The summed E-state index contributed by atoms with van der Waals surface area (Å²) in [7, 11) is 0. The SMILES string of the molecule is N[C@@H](CCO)C(=O)OCc1cccc(Br)c1. The molecular formula is C11H14BrNO3. The van der Waals surface area contributed by atoms with Gasteiger partial charge in [0.1, 0.15) is 12.6 Å². The van der Waals surface area contributed by atoms with Gasteiger partial charge in [-0.1, -0.05) is 28.1 Å². The fourth-order valence-corrected chi connectivity index (χ4v) is 1.59. The molecule has 3 N–H and O–H groups in total. The second-order valence-corrected chi connectivity index (χ2v) is 4.27. The number of carbonyl (C=O) groups excluding carboxylic acids is 1. The highest BCUT2D eigenvalue weighted by molar-refractivity contribution is 9.10. The first-order valence-electron chi connectivity index (χ1n) is 4.91. The van der Waals surface area contributed by atoms with Crippen LogP contribution in [-0.2, 0) is 16.1 Å². The van der Waals surface area contributed by atoms with Gasteiger partial charge in [-0.05, 0) is 24.1 Å². The Balaban J connectivity index is 2.42. The van der Waals surface area contributed by atoms with Gasteiger partial charge in [-0.15, -0.1) is 0 Å². The van der Waals surface area contributed by atoms with Crippen molar-refractivity contribution in [1.29, 1.82) is 0 Å². The molecule has 0 aromatic heterocycles. The molecule has 1 aromatic carbocycles. The van der Waals surface area contributed by atoms with Gasteiger partial charge in [0.25, 0.3) is 0 Å². The number of hydrogen-bond donors (Lipinski definition) is 2. The first kappa shape index (κ1) is 13.2. The van der Waals surface area contributed by atoms with Gasteiger partial charge in [-0.3, -0.25) is 4.79 Å². The van der Waals surface area contributed by atoms with Crippen molar-refractivity contribution in [2.75, 3.05) is 6.61 Å². The Labute approximate surface area is 103 Å². The molecule has 0 aliphatic heterocycles. The average Bonchev–Trinajstić information content (AvgIpc) is 2.26. The van der Waals surface area contributed by atoms with Gasteiger partial charge < -0.3 is 15.6 Å². The van der Waals surface area contributed by atoms with Crippen molar-refractivity contribution in [1.82, 2.24) is 0 Å². The summed E-state index contributed by atoms with van der Waals surface area (Å²) < 4.78 is 5.93. The number of halogens is 1. The van der Waals surface area contributed by atoms with E-state index in [2.05, 4.69) is 15.9 Å². The van der Waals surface area contributed by atoms with Gasteiger partial charge in [0, 0.05) is 11.1 Å². The van der Waals surface area contributed by atoms with E-state index in [1.54, 1.807) is 0 Å². The Bertz CT molecular complexity index is 357. The third kappa shape index (κ3) is 4.30. The standard InChI is InChI=1S/C11H14BrNO3/c12-9-3-1-2-8(6-9)7-16-11(15)10(13)4-5-14/h1-3,6,10,14H,4-5,7,13H2/t10-/m0/s1. The molecule has 1 atom stereocenters. The van der Waals surface area contributed by atoms with Crippen LogP contribution in [0.4, 0.5) is 0 Å². The molecule has 1 rings (SSSR count). The molecule has 0 saturated heterocycles. The smallest absolute Gasteiger partial charge is 0.323 e. The molecule has 0 fully saturated rings. The summed E-state index contributed by atoms with van der Waals surface area (Å²) in [5, 5.41) is 8.61. The molecular weight excluding hydrogens is 274 g/mol. The number of carbonyl (C=O) groups is 1. The highest BCUT2D eigenvalue weighted by atomic mass is 79.9. The van der Waals surface area contributed by atoms with E-state index in [0.29, 0.717) is 0 Å². The molecule has 16 heavy (non-hydrogen) atoms. The van der Waals surface area contributed by atoms with Crippen LogP contribution in [0.25, 0.3) is 0 Å². The maximum atomic E-state index is 11.3. The molecule has 0 heterocycles. The predicted octanol–water partition coefficient (Wildman–Crippen LogP) is 1.20. The molecule has 0 bridgehead atoms. The van der Waals surface area contributed by atoms with Crippen molar-refractivity contribution < 1.29 is 14.6 Å². The number of rotatable bonds is 5. The fourth-order valence-electron chi connectivity index (χ4n) is 1.15. The van der Waals surface area contributed by atoms with Crippen LogP contribution in [0.15, 0.2) is 28.7 Å². The first-order chi connectivity index (χ1) is 7.63. The van der Waals surface area contributed by atoms with Gasteiger partial charge in [-0.25, -0.2) is 0 Å². The maximum absolute atomic E-state index is 11.3. The van der Waals surface area contributed by atoms with Crippen LogP contribution in [-0.4, -0.2) is 23.7 Å². The summed E-state index contributed by atoms with van der Waals surface area (Å²) in [6.45, 7) is 0.0740. The van der Waals surface area contributed by atoms with E-state index in [1.165, 1.54) is 0 Å². The van der Waals surface area contributed by atoms with E-state index < -0.39 is 12.0 Å². The maximum Gasteiger partial charge on any atom is 0.323 e. The Morgan fingerprint density at radius 3 is 2.94 bits per heavy atom. The molecule has 0 aliphatic rings. The third-order valence-electron chi connectivity index (χ3n) is 2.01. The lowest BCUT2D eigenvalue weighted by Crippen LogP contribution is -2.33. The van der Waals surface area contributed by atoms with Crippen LogP contribution in [0.1, 0.15) is 12.0 Å². The van der Waals surface area contributed by atoms with Crippen LogP contribution in [0.2, 0.25) is 0 Å². The highest BCUT2D eigenvalue weighted by Crippen LogP contribution is 2.12. The zero-order valence-corrected chi connectivity index (χ0v) is 10.3. The van der Waals surface area contributed by atoms with Gasteiger partial charge in [0.15, 0.2) is 0 Å². The highest BCUT2D eigenvalue weighted by Gasteiger charge is 2.13. The van der Waals surface area contributed by atoms with E-state index in [1.807, 2.05) is 24.3 Å². The molecule has 0 spiro atoms. The van der Waals surface area contributed by atoms with Crippen molar-refractivity contribution in [2.24, 2.45) is 5.73 Å². The van der Waals surface area contributed by atoms with E-state index in [4.69, 9.17) is 15.6 Å². The predicted molar refractivity (Wildman–Crippen MR) is 63.6 cm³/mol. The lowest BCUT2D eigenvalue weighted by atomic mass is 10.2. The summed E-state index contributed by atoms with van der Waals surface area (Å²) in [6.07, 6.45) is 0.220. The number of nitrogens with two attached hydrogens (primary N) is 1. The Morgan fingerprint density at radius 2 is 2.31 bits per heavy atom. The Morgan fingerprint density at radius 1 is 1.56 bits per heavy atom. The molecule has 0 unspecified atom stereocenters. The van der Waals surface area contributed by atoms with Gasteiger partial charge in [0.05, 0.1) is 0 Å². The summed E-state index contributed by atoms with van der Waals surface area (Å²) in [6, 6.07) is 6.72. The first-order valence-corrected chi connectivity index (χ1v) is 5.70. The molecule has 0 amide bonds. The summed E-state index contributed by atoms with van der Waals surface area (Å²) in [4.78, 5) is 11.3. The van der Waals surface area contributed by atoms with Crippen molar-refractivity contribution >= 4 is 21.9 Å². The van der Waals surface area contributed by atoms with Crippen molar-refractivity contribution in [3.8, 4) is 0 Å². The lowest BCUT2D eigenvalue weighted by Gasteiger charge is -2.10. The number of ether oxygens (including phenoxy) is 1. The van der Waals surface area contributed by atoms with Crippen LogP contribution < -0.4 is 5.73 Å². The van der Waals surface area contributed by atoms with Gasteiger partial charge in [-0.2, -0.15) is 0 Å². The Hall–Kier alpha value is -0.910. The summed E-state index contributed by atoms with van der Waals surface area (Å²) >= 11 is 3.32. The molecule has 5 heteroatoms. The summed E-state index contributed by atoms with van der Waals surface area (Å²) in [5.41, 5.74) is 6.37. The second kappa shape index (κ2) is 6.62. The van der Waals surface area contributed by atoms with Crippen LogP contribution in [0.3, 0.4) is 0 Å². The minimum atomic E-state index is -0.753. The normalized spacial score (nSPS) is 12.2. The zero-order chi connectivity index (χ0) is 12.0. The van der Waals surface area contributed by atoms with E-state index >= 15 is 0 Å². The molecule has 0 radical (unpaired) electrons. The molecule has 4 nitrogen and oxygen atoms in total. The van der Waals surface area contributed by atoms with E-state index in [9.17, 15) is 4.79 Å². The minimum Gasteiger partial charge on any atom is -0.460 e. The van der Waals surface area contributed by atoms with Crippen LogP contribution in [0.5, 0.6) is 0 Å². The van der Waals surface area contributed by atoms with Crippen molar-refractivity contribution in [3.63, 3.8) is 0 Å². The molecule has 0 saturated carbocycles. The average molecular weight is 288 g/mol. The second-order valence-electron chi connectivity index (χ2n) is 3.36. The van der Waals surface area contributed by atoms with Gasteiger partial charge >= 0.3 is 5.97 Å². The van der Waals surface area contributed by atoms with Crippen LogP contribution >= 0.6 is 15.9 Å². The van der Waals surface area contributed by atoms with E-state index in [0.717, 1.165) is 10.0 Å². The third-order valence-corrected chi connectivity index (χ3v) is 2.51. The largest absolute Gasteiger partial charge is 0.460 e. The topological polar surface area (TPSA) is 72.5 Å². The fraction of sp³-hybridized carbons (Fsp3) is 0.364. The van der Waals surface area contributed by atoms with E-state index in [-0.39, 0.29) is 19.6 Å². The minimum absolute atomic E-state index is 0.118. The van der Waals surface area contributed by atoms with Crippen molar-refractivity contribution in [2.45, 2.75) is 19.1 Å².